The average Bonchev–Trinajstić information content (AvgIpc) is 2.88. The third kappa shape index (κ3) is 4.33. The van der Waals surface area contributed by atoms with E-state index in [0.29, 0.717) is 18.5 Å². The zero-order valence-corrected chi connectivity index (χ0v) is 14.5. The third-order valence-corrected chi connectivity index (χ3v) is 3.46. The number of aromatic amines is 1. The Morgan fingerprint density at radius 3 is 2.62 bits per heavy atom. The van der Waals surface area contributed by atoms with E-state index in [4.69, 9.17) is 9.47 Å². The number of esters is 1. The number of H-pyrrole nitrogens is 1. The predicted octanol–water partition coefficient (Wildman–Crippen LogP) is 1.84. The summed E-state index contributed by atoms with van der Waals surface area (Å²) in [5.41, 5.74) is 1.05. The number of carbonyl (C=O) groups is 3. The molecule has 1 N–H and O–H groups in total. The summed E-state index contributed by atoms with van der Waals surface area (Å²) in [4.78, 5) is 37.5. The second-order valence-electron chi connectivity index (χ2n) is 6.59. The lowest BCUT2D eigenvalue weighted by atomic mass is 10.0. The van der Waals surface area contributed by atoms with Gasteiger partial charge in [-0.1, -0.05) is 0 Å². The highest BCUT2D eigenvalue weighted by atomic mass is 16.6. The van der Waals surface area contributed by atoms with E-state index in [-0.39, 0.29) is 25.3 Å². The lowest BCUT2D eigenvalue weighted by Gasteiger charge is -2.30. The Kier molecular flexibility index (Phi) is 5.26. The number of carbonyl (C=O) groups excluding carboxylic acids is 3. The molecular formula is C16H23N3O5. The molecule has 8 heteroatoms. The van der Waals surface area contributed by atoms with Gasteiger partial charge >= 0.3 is 12.1 Å². The summed E-state index contributed by atoms with van der Waals surface area (Å²) < 4.78 is 10.1. The molecular weight excluding hydrogens is 314 g/mol. The number of fused-ring (bicyclic) bond motifs is 1. The van der Waals surface area contributed by atoms with Crippen molar-refractivity contribution in [2.24, 2.45) is 0 Å². The van der Waals surface area contributed by atoms with E-state index in [0.717, 1.165) is 5.69 Å². The van der Waals surface area contributed by atoms with Crippen LogP contribution in [0, 0.1) is 0 Å². The number of rotatable bonds is 4. The van der Waals surface area contributed by atoms with Crippen LogP contribution >= 0.6 is 0 Å². The van der Waals surface area contributed by atoms with Crippen molar-refractivity contribution in [3.63, 3.8) is 0 Å². The van der Waals surface area contributed by atoms with Crippen molar-refractivity contribution in [1.29, 1.82) is 0 Å². The summed E-state index contributed by atoms with van der Waals surface area (Å²) >= 11 is 0. The van der Waals surface area contributed by atoms with Gasteiger partial charge in [0.25, 0.3) is 0 Å². The monoisotopic (exact) mass is 337 g/mol. The van der Waals surface area contributed by atoms with E-state index in [2.05, 4.69) is 10.2 Å². The fourth-order valence-electron chi connectivity index (χ4n) is 2.43. The second kappa shape index (κ2) is 7.02. The van der Waals surface area contributed by atoms with Crippen LogP contribution in [0.25, 0.3) is 0 Å². The Bertz CT molecular complexity index is 645. The molecule has 24 heavy (non-hydrogen) atoms. The fraction of sp³-hybridized carbons (Fsp3) is 0.625. The summed E-state index contributed by atoms with van der Waals surface area (Å²) in [5, 5.41) is 6.84. The fourth-order valence-corrected chi connectivity index (χ4v) is 2.43. The Hall–Kier alpha value is -2.38. The molecule has 0 radical (unpaired) electrons. The Morgan fingerprint density at radius 1 is 1.29 bits per heavy atom. The van der Waals surface area contributed by atoms with Gasteiger partial charge in [-0.15, -0.1) is 0 Å². The minimum atomic E-state index is -0.587. The van der Waals surface area contributed by atoms with E-state index < -0.39 is 23.4 Å². The van der Waals surface area contributed by atoms with Gasteiger partial charge in [-0.3, -0.25) is 14.7 Å². The first-order chi connectivity index (χ1) is 11.2. The molecule has 0 bridgehead atoms. The zero-order valence-electron chi connectivity index (χ0n) is 14.5. The van der Waals surface area contributed by atoms with Crippen LogP contribution in [0.3, 0.4) is 0 Å². The number of Topliss-reactive ketones (excluding diaryl/α,β-unsaturated/α-hetero) is 1. The minimum Gasteiger partial charge on any atom is -0.466 e. The van der Waals surface area contributed by atoms with Crippen molar-refractivity contribution in [2.75, 3.05) is 13.2 Å². The molecule has 132 valence electrons. The number of aromatic nitrogens is 2. The van der Waals surface area contributed by atoms with Crippen molar-refractivity contribution >= 4 is 17.8 Å². The normalized spacial score (nSPS) is 14.1. The number of amides is 1. The molecule has 1 aliphatic rings. The van der Waals surface area contributed by atoms with Gasteiger partial charge < -0.3 is 14.4 Å². The van der Waals surface area contributed by atoms with E-state index >= 15 is 0 Å². The van der Waals surface area contributed by atoms with Gasteiger partial charge in [0.2, 0.25) is 0 Å². The van der Waals surface area contributed by atoms with Crippen LogP contribution in [0.5, 0.6) is 0 Å². The van der Waals surface area contributed by atoms with Crippen LogP contribution in [-0.4, -0.2) is 51.7 Å². The van der Waals surface area contributed by atoms with Crippen molar-refractivity contribution in [3.8, 4) is 0 Å². The number of ketones is 1. The maximum absolute atomic E-state index is 12.3. The standard InChI is InChI=1S/C16H23N3O5/c1-5-23-13(21)8-12(20)14-10-9-19(7-6-11(10)17-18-14)15(22)24-16(2,3)4/h5-9H2,1-4H3,(H,17,18). The van der Waals surface area contributed by atoms with Crippen molar-refractivity contribution in [2.45, 2.75) is 52.7 Å². The highest BCUT2D eigenvalue weighted by Gasteiger charge is 2.30. The highest BCUT2D eigenvalue weighted by molar-refractivity contribution is 6.05. The quantitative estimate of drug-likeness (QED) is 0.511. The molecule has 1 aliphatic heterocycles. The summed E-state index contributed by atoms with van der Waals surface area (Å²) in [6.45, 7) is 8.00. The van der Waals surface area contributed by atoms with Gasteiger partial charge in [0, 0.05) is 24.2 Å². The Labute approximate surface area is 140 Å². The van der Waals surface area contributed by atoms with Crippen LogP contribution in [0.4, 0.5) is 4.79 Å². The summed E-state index contributed by atoms with van der Waals surface area (Å²) in [6, 6.07) is 0. The first kappa shape index (κ1) is 18.0. The van der Waals surface area contributed by atoms with Crippen LogP contribution in [0.2, 0.25) is 0 Å². The Balaban J connectivity index is 2.10. The lowest BCUT2D eigenvalue weighted by molar-refractivity contribution is -0.141. The summed E-state index contributed by atoms with van der Waals surface area (Å²) in [5.74, 6) is -1.00. The number of nitrogens with zero attached hydrogens (tertiary/aromatic N) is 2. The van der Waals surface area contributed by atoms with Crippen LogP contribution < -0.4 is 0 Å². The number of hydrogen-bond donors (Lipinski definition) is 1. The largest absolute Gasteiger partial charge is 0.466 e. The minimum absolute atomic E-state index is 0.186. The topological polar surface area (TPSA) is 102 Å². The van der Waals surface area contributed by atoms with Gasteiger partial charge in [-0.2, -0.15) is 5.10 Å². The lowest BCUT2D eigenvalue weighted by Crippen LogP contribution is -2.40. The van der Waals surface area contributed by atoms with E-state index in [1.807, 2.05) is 0 Å². The second-order valence-corrected chi connectivity index (χ2v) is 6.59. The summed E-state index contributed by atoms with van der Waals surface area (Å²) in [6.07, 6.45) is -0.246. The highest BCUT2D eigenvalue weighted by Crippen LogP contribution is 2.23. The number of hydrogen-bond acceptors (Lipinski definition) is 6. The molecule has 0 atom stereocenters. The van der Waals surface area contributed by atoms with Gasteiger partial charge in [0.05, 0.1) is 13.2 Å². The van der Waals surface area contributed by atoms with Crippen molar-refractivity contribution in [1.82, 2.24) is 15.1 Å². The molecule has 1 amide bonds. The molecule has 2 rings (SSSR count). The molecule has 0 saturated heterocycles. The van der Waals surface area contributed by atoms with Crippen LogP contribution in [0.15, 0.2) is 0 Å². The smallest absolute Gasteiger partial charge is 0.410 e. The maximum atomic E-state index is 12.3. The number of nitrogens with one attached hydrogen (secondary N) is 1. The van der Waals surface area contributed by atoms with E-state index in [9.17, 15) is 14.4 Å². The molecule has 0 aromatic carbocycles. The molecule has 2 heterocycles. The Morgan fingerprint density at radius 2 is 2.00 bits per heavy atom. The molecule has 0 saturated carbocycles. The van der Waals surface area contributed by atoms with Gasteiger partial charge in [-0.05, 0) is 27.7 Å². The molecule has 1 aromatic rings. The van der Waals surface area contributed by atoms with E-state index in [1.54, 1.807) is 27.7 Å². The van der Waals surface area contributed by atoms with Gasteiger partial charge in [0.1, 0.15) is 17.7 Å². The van der Waals surface area contributed by atoms with Crippen molar-refractivity contribution < 1.29 is 23.9 Å². The molecule has 0 spiro atoms. The first-order valence-corrected chi connectivity index (χ1v) is 7.94. The van der Waals surface area contributed by atoms with E-state index in [1.165, 1.54) is 4.90 Å². The van der Waals surface area contributed by atoms with Crippen LogP contribution in [-0.2, 0) is 27.2 Å². The molecule has 0 fully saturated rings. The summed E-state index contributed by atoms with van der Waals surface area (Å²) in [7, 11) is 0. The van der Waals surface area contributed by atoms with Gasteiger partial charge in [0.15, 0.2) is 5.78 Å². The molecule has 0 unspecified atom stereocenters. The zero-order chi connectivity index (χ0) is 17.9. The average molecular weight is 337 g/mol. The number of ether oxygens (including phenoxy) is 2. The SMILES string of the molecule is CCOC(=O)CC(=O)c1n[nH]c2c1CN(C(=O)OC(C)(C)C)CC2. The van der Waals surface area contributed by atoms with Crippen LogP contribution in [0.1, 0.15) is 55.9 Å². The molecule has 0 aliphatic carbocycles. The van der Waals surface area contributed by atoms with Crippen molar-refractivity contribution in [3.05, 3.63) is 17.0 Å². The molecule has 1 aromatic heterocycles. The molecule has 8 nitrogen and oxygen atoms in total. The third-order valence-electron chi connectivity index (χ3n) is 3.46. The van der Waals surface area contributed by atoms with Gasteiger partial charge in [-0.25, -0.2) is 4.79 Å². The maximum Gasteiger partial charge on any atom is 0.410 e. The first-order valence-electron chi connectivity index (χ1n) is 7.94. The predicted molar refractivity (Wildman–Crippen MR) is 84.5 cm³/mol.